The molecule has 0 radical (unpaired) electrons. The predicted molar refractivity (Wildman–Crippen MR) is 128 cm³/mol. The summed E-state index contributed by atoms with van der Waals surface area (Å²) in [5, 5.41) is 3.34. The van der Waals surface area contributed by atoms with E-state index in [2.05, 4.69) is 17.2 Å². The average molecular weight is 474 g/mol. The lowest BCUT2D eigenvalue weighted by Crippen LogP contribution is -2.43. The summed E-state index contributed by atoms with van der Waals surface area (Å²) in [4.78, 5) is 31.5. The van der Waals surface area contributed by atoms with Crippen molar-refractivity contribution in [3.05, 3.63) is 52.8 Å². The number of piperidine rings is 1. The number of amides is 2. The molecule has 178 valence electrons. The second-order valence-electron chi connectivity index (χ2n) is 8.07. The number of unbranched alkanes of at least 4 members (excludes halogenated alkanes) is 1. The van der Waals surface area contributed by atoms with Gasteiger partial charge >= 0.3 is 0 Å². The van der Waals surface area contributed by atoms with Crippen LogP contribution in [-0.4, -0.2) is 48.0 Å². The molecule has 0 atom stereocenters. The Morgan fingerprint density at radius 3 is 2.67 bits per heavy atom. The SMILES string of the molecule is CCCCOc1c(Cl)cc(C(=O)N2CCC(C(=O)NCc3cccnc3)CC2)cc1OCC. The van der Waals surface area contributed by atoms with E-state index in [-0.39, 0.29) is 17.7 Å². The van der Waals surface area contributed by atoms with Gasteiger partial charge in [-0.1, -0.05) is 31.0 Å². The molecule has 1 fully saturated rings. The Bertz CT molecular complexity index is 931. The van der Waals surface area contributed by atoms with Gasteiger partial charge in [-0.2, -0.15) is 0 Å². The zero-order valence-electron chi connectivity index (χ0n) is 19.3. The van der Waals surface area contributed by atoms with Crippen LogP contribution in [0.15, 0.2) is 36.7 Å². The van der Waals surface area contributed by atoms with Gasteiger partial charge in [-0.05, 0) is 49.9 Å². The maximum absolute atomic E-state index is 13.1. The van der Waals surface area contributed by atoms with Gasteiger partial charge < -0.3 is 19.7 Å². The van der Waals surface area contributed by atoms with Crippen molar-refractivity contribution in [2.75, 3.05) is 26.3 Å². The standard InChI is InChI=1S/C25H32ClN3O4/c1-3-5-13-33-23-21(26)14-20(15-22(23)32-4-2)25(31)29-11-8-19(9-12-29)24(30)28-17-18-7-6-10-27-16-18/h6-7,10,14-16,19H,3-5,8-9,11-13,17H2,1-2H3,(H,28,30). The van der Waals surface area contributed by atoms with Gasteiger partial charge in [-0.15, -0.1) is 0 Å². The first-order valence-electron chi connectivity index (χ1n) is 11.6. The number of rotatable bonds is 10. The number of aromatic nitrogens is 1. The summed E-state index contributed by atoms with van der Waals surface area (Å²) in [6.07, 6.45) is 6.60. The van der Waals surface area contributed by atoms with E-state index < -0.39 is 0 Å². The van der Waals surface area contributed by atoms with Crippen molar-refractivity contribution in [2.45, 2.75) is 46.1 Å². The highest BCUT2D eigenvalue weighted by atomic mass is 35.5. The first kappa shape index (κ1) is 24.8. The Morgan fingerprint density at radius 1 is 1.21 bits per heavy atom. The minimum Gasteiger partial charge on any atom is -0.490 e. The van der Waals surface area contributed by atoms with Crippen LogP contribution in [0.2, 0.25) is 5.02 Å². The van der Waals surface area contributed by atoms with Crippen LogP contribution >= 0.6 is 11.6 Å². The number of hydrogen-bond donors (Lipinski definition) is 1. The average Bonchev–Trinajstić information content (AvgIpc) is 2.84. The number of nitrogens with zero attached hydrogens (tertiary/aromatic N) is 2. The van der Waals surface area contributed by atoms with Crippen LogP contribution in [0, 0.1) is 5.92 Å². The number of likely N-dealkylation sites (tertiary alicyclic amines) is 1. The minimum absolute atomic E-state index is 0.0150. The molecule has 2 aromatic rings. The Hall–Kier alpha value is -2.80. The van der Waals surface area contributed by atoms with Crippen molar-refractivity contribution in [1.82, 2.24) is 15.2 Å². The first-order chi connectivity index (χ1) is 16.0. The molecule has 3 rings (SSSR count). The molecule has 2 heterocycles. The number of hydrogen-bond acceptors (Lipinski definition) is 5. The van der Waals surface area contributed by atoms with Crippen LogP contribution < -0.4 is 14.8 Å². The van der Waals surface area contributed by atoms with E-state index in [1.165, 1.54) is 0 Å². The fraction of sp³-hybridized carbons (Fsp3) is 0.480. The fourth-order valence-corrected chi connectivity index (χ4v) is 4.04. The molecule has 1 aromatic carbocycles. The summed E-state index contributed by atoms with van der Waals surface area (Å²) in [6.45, 7) is 6.43. The van der Waals surface area contributed by atoms with Crippen LogP contribution in [0.3, 0.4) is 0 Å². The number of pyridine rings is 1. The lowest BCUT2D eigenvalue weighted by molar-refractivity contribution is -0.126. The summed E-state index contributed by atoms with van der Waals surface area (Å²) in [6, 6.07) is 7.11. The molecule has 33 heavy (non-hydrogen) atoms. The van der Waals surface area contributed by atoms with E-state index in [1.807, 2.05) is 19.1 Å². The Labute approximate surface area is 200 Å². The van der Waals surface area contributed by atoms with Crippen molar-refractivity contribution < 1.29 is 19.1 Å². The third-order valence-corrected chi connectivity index (χ3v) is 5.92. The van der Waals surface area contributed by atoms with Gasteiger partial charge in [0.1, 0.15) is 0 Å². The van der Waals surface area contributed by atoms with Crippen LogP contribution in [0.5, 0.6) is 11.5 Å². The summed E-state index contributed by atoms with van der Waals surface area (Å²) in [5.41, 5.74) is 1.42. The van der Waals surface area contributed by atoms with E-state index in [0.29, 0.717) is 67.8 Å². The van der Waals surface area contributed by atoms with Crippen molar-refractivity contribution in [1.29, 1.82) is 0 Å². The molecule has 1 aliphatic rings. The van der Waals surface area contributed by atoms with Crippen LogP contribution in [0.25, 0.3) is 0 Å². The molecule has 0 aliphatic carbocycles. The molecule has 7 nitrogen and oxygen atoms in total. The summed E-state index contributed by atoms with van der Waals surface area (Å²) >= 11 is 6.45. The second-order valence-corrected chi connectivity index (χ2v) is 8.47. The van der Waals surface area contributed by atoms with E-state index in [4.69, 9.17) is 21.1 Å². The highest BCUT2D eigenvalue weighted by Crippen LogP contribution is 2.37. The first-order valence-corrected chi connectivity index (χ1v) is 12.0. The number of carbonyl (C=O) groups is 2. The molecule has 1 N–H and O–H groups in total. The Kier molecular flexibility index (Phi) is 9.36. The van der Waals surface area contributed by atoms with Gasteiger partial charge in [0.25, 0.3) is 5.91 Å². The van der Waals surface area contributed by atoms with Gasteiger partial charge in [0, 0.05) is 43.5 Å². The zero-order valence-corrected chi connectivity index (χ0v) is 20.1. The van der Waals surface area contributed by atoms with Crippen LogP contribution in [0.4, 0.5) is 0 Å². The number of halogens is 1. The van der Waals surface area contributed by atoms with Gasteiger partial charge in [-0.3, -0.25) is 14.6 Å². The van der Waals surface area contributed by atoms with Gasteiger partial charge in [0.05, 0.1) is 18.2 Å². The third-order valence-electron chi connectivity index (χ3n) is 5.64. The molecule has 1 aliphatic heterocycles. The molecule has 0 unspecified atom stereocenters. The smallest absolute Gasteiger partial charge is 0.254 e. The van der Waals surface area contributed by atoms with Gasteiger partial charge in [0.2, 0.25) is 5.91 Å². The third kappa shape index (κ3) is 6.84. The fourth-order valence-electron chi connectivity index (χ4n) is 3.78. The van der Waals surface area contributed by atoms with Crippen molar-refractivity contribution in [3.8, 4) is 11.5 Å². The van der Waals surface area contributed by atoms with Crippen molar-refractivity contribution >= 4 is 23.4 Å². The normalized spacial score (nSPS) is 14.1. The molecular formula is C25H32ClN3O4. The highest BCUT2D eigenvalue weighted by molar-refractivity contribution is 6.32. The van der Waals surface area contributed by atoms with Crippen LogP contribution in [0.1, 0.15) is 55.5 Å². The summed E-state index contributed by atoms with van der Waals surface area (Å²) in [5.74, 6) is 0.748. The molecule has 1 saturated heterocycles. The van der Waals surface area contributed by atoms with Gasteiger partial charge in [0.15, 0.2) is 11.5 Å². The maximum Gasteiger partial charge on any atom is 0.254 e. The molecule has 0 bridgehead atoms. The number of carbonyl (C=O) groups excluding carboxylic acids is 2. The van der Waals surface area contributed by atoms with E-state index >= 15 is 0 Å². The largest absolute Gasteiger partial charge is 0.490 e. The second kappa shape index (κ2) is 12.4. The number of benzene rings is 1. The zero-order chi connectivity index (χ0) is 23.6. The number of ether oxygens (including phenoxy) is 2. The van der Waals surface area contributed by atoms with E-state index in [1.54, 1.807) is 29.4 Å². The van der Waals surface area contributed by atoms with Crippen molar-refractivity contribution in [2.24, 2.45) is 5.92 Å². The Balaban J connectivity index is 1.58. The number of nitrogens with one attached hydrogen (secondary N) is 1. The summed E-state index contributed by atoms with van der Waals surface area (Å²) in [7, 11) is 0. The lowest BCUT2D eigenvalue weighted by atomic mass is 9.95. The van der Waals surface area contributed by atoms with E-state index in [0.717, 1.165) is 18.4 Å². The molecule has 8 heteroatoms. The van der Waals surface area contributed by atoms with Crippen molar-refractivity contribution in [3.63, 3.8) is 0 Å². The highest BCUT2D eigenvalue weighted by Gasteiger charge is 2.28. The van der Waals surface area contributed by atoms with Gasteiger partial charge in [-0.25, -0.2) is 0 Å². The minimum atomic E-state index is -0.118. The predicted octanol–water partition coefficient (Wildman–Crippen LogP) is 4.48. The quantitative estimate of drug-likeness (QED) is 0.514. The van der Waals surface area contributed by atoms with Crippen LogP contribution in [-0.2, 0) is 11.3 Å². The molecule has 0 spiro atoms. The summed E-state index contributed by atoms with van der Waals surface area (Å²) < 4.78 is 11.5. The monoisotopic (exact) mass is 473 g/mol. The molecular weight excluding hydrogens is 442 g/mol. The lowest BCUT2D eigenvalue weighted by Gasteiger charge is -2.31. The molecule has 0 saturated carbocycles. The van der Waals surface area contributed by atoms with E-state index in [9.17, 15) is 9.59 Å². The topological polar surface area (TPSA) is 80.8 Å². The molecule has 1 aromatic heterocycles. The Morgan fingerprint density at radius 2 is 2.00 bits per heavy atom. The molecule has 2 amide bonds. The maximum atomic E-state index is 13.1.